The van der Waals surface area contributed by atoms with Gasteiger partial charge in [-0.25, -0.2) is 9.18 Å². The van der Waals surface area contributed by atoms with Crippen LogP contribution in [0, 0.1) is 26.6 Å². The summed E-state index contributed by atoms with van der Waals surface area (Å²) in [5.74, 6) is -2.01. The summed E-state index contributed by atoms with van der Waals surface area (Å²) in [6.45, 7) is 12.2. The summed E-state index contributed by atoms with van der Waals surface area (Å²) >= 11 is 0. The van der Waals surface area contributed by atoms with Crippen molar-refractivity contribution in [2.45, 2.75) is 66.2 Å². The third-order valence-electron chi connectivity index (χ3n) is 7.29. The molecule has 4 rings (SSSR count). The first-order valence-corrected chi connectivity index (χ1v) is 13.1. The first kappa shape index (κ1) is 28.3. The Kier molecular flexibility index (Phi) is 7.84. The normalized spacial score (nSPS) is 14.1. The minimum atomic E-state index is -1.17. The average molecular weight is 534 g/mol. The third-order valence-corrected chi connectivity index (χ3v) is 7.29. The number of rotatable bonds is 6. The number of halogens is 1. The smallest absolute Gasteiger partial charge is 0.337 e. The molecule has 1 heterocycles. The highest BCUT2D eigenvalue weighted by atomic mass is 19.1. The zero-order valence-electron chi connectivity index (χ0n) is 23.6. The number of amides is 1. The van der Waals surface area contributed by atoms with Crippen LogP contribution in [-0.4, -0.2) is 41.1 Å². The summed E-state index contributed by atoms with van der Waals surface area (Å²) in [7, 11) is 1.35. The molecule has 1 aliphatic heterocycles. The van der Waals surface area contributed by atoms with Crippen LogP contribution in [0.2, 0.25) is 0 Å². The van der Waals surface area contributed by atoms with Gasteiger partial charge >= 0.3 is 5.97 Å². The number of aryl methyl sites for hydroxylation is 1. The van der Waals surface area contributed by atoms with E-state index in [4.69, 9.17) is 9.47 Å². The molecule has 0 aromatic heterocycles. The summed E-state index contributed by atoms with van der Waals surface area (Å²) in [6, 6.07) is 12.3. The number of carbonyl (C=O) groups is 2. The maximum absolute atomic E-state index is 14.4. The van der Waals surface area contributed by atoms with Crippen LogP contribution in [0.3, 0.4) is 0 Å². The molecule has 0 saturated heterocycles. The Morgan fingerprint density at radius 3 is 2.26 bits per heavy atom. The lowest BCUT2D eigenvalue weighted by Gasteiger charge is -2.35. The lowest BCUT2D eigenvalue weighted by atomic mass is 9.80. The molecule has 0 spiro atoms. The second-order valence-electron chi connectivity index (χ2n) is 11.1. The van der Waals surface area contributed by atoms with Gasteiger partial charge in [-0.2, -0.15) is 0 Å². The maximum Gasteiger partial charge on any atom is 0.337 e. The summed E-state index contributed by atoms with van der Waals surface area (Å²) in [6.07, 6.45) is -0.629. The second-order valence-corrected chi connectivity index (χ2v) is 11.1. The molecule has 3 aromatic rings. The first-order chi connectivity index (χ1) is 18.3. The van der Waals surface area contributed by atoms with Gasteiger partial charge in [-0.1, -0.05) is 35.9 Å². The van der Waals surface area contributed by atoms with Gasteiger partial charge < -0.3 is 19.5 Å². The van der Waals surface area contributed by atoms with E-state index in [1.807, 2.05) is 65.8 Å². The molecule has 1 aliphatic rings. The number of methoxy groups -OCH3 is 1. The van der Waals surface area contributed by atoms with Crippen molar-refractivity contribution in [2.75, 3.05) is 13.7 Å². The number of benzene rings is 3. The van der Waals surface area contributed by atoms with Crippen LogP contribution in [-0.2, 0) is 22.5 Å². The molecule has 39 heavy (non-hydrogen) atoms. The third kappa shape index (κ3) is 5.55. The van der Waals surface area contributed by atoms with Gasteiger partial charge in [-0.05, 0) is 93.5 Å². The Morgan fingerprint density at radius 1 is 1.00 bits per heavy atom. The standard InChI is InChI=1S/C32H36FNO5/c1-18-11-13-21(14-12-18)26-20(3)24-17-34(30(35)23-9-8-10-25(33)28(23)38-7)16-15-22(24)19(2)27(26)29(31(36)37)39-32(4,5)6/h8-14,29H,15-17H2,1-7H3,(H,36,37). The van der Waals surface area contributed by atoms with E-state index in [1.165, 1.54) is 19.2 Å². The van der Waals surface area contributed by atoms with Crippen LogP contribution in [0.1, 0.15) is 70.6 Å². The quantitative estimate of drug-likeness (QED) is 0.388. The van der Waals surface area contributed by atoms with Gasteiger partial charge in [-0.3, -0.25) is 4.79 Å². The van der Waals surface area contributed by atoms with Gasteiger partial charge in [0, 0.05) is 18.7 Å². The number of hydrogen-bond donors (Lipinski definition) is 1. The Hall–Kier alpha value is -3.71. The Labute approximate surface area is 229 Å². The van der Waals surface area contributed by atoms with E-state index in [9.17, 15) is 19.1 Å². The summed E-state index contributed by atoms with van der Waals surface area (Å²) < 4.78 is 25.7. The van der Waals surface area contributed by atoms with E-state index in [0.717, 1.165) is 38.9 Å². The van der Waals surface area contributed by atoms with Crippen molar-refractivity contribution in [3.8, 4) is 16.9 Å². The van der Waals surface area contributed by atoms with Gasteiger partial charge in [0.15, 0.2) is 17.7 Å². The predicted molar refractivity (Wildman–Crippen MR) is 149 cm³/mol. The highest BCUT2D eigenvalue weighted by molar-refractivity contribution is 5.97. The van der Waals surface area contributed by atoms with E-state index in [2.05, 4.69) is 0 Å². The molecular formula is C32H36FNO5. The molecule has 0 aliphatic carbocycles. The summed E-state index contributed by atoms with van der Waals surface area (Å²) in [5.41, 5.74) is 6.68. The molecule has 1 amide bonds. The van der Waals surface area contributed by atoms with Crippen LogP contribution >= 0.6 is 0 Å². The molecule has 1 atom stereocenters. The molecule has 6 nitrogen and oxygen atoms in total. The lowest BCUT2D eigenvalue weighted by Crippen LogP contribution is -2.37. The first-order valence-electron chi connectivity index (χ1n) is 13.1. The zero-order valence-corrected chi connectivity index (χ0v) is 23.6. The van der Waals surface area contributed by atoms with Gasteiger partial charge in [0.2, 0.25) is 0 Å². The SMILES string of the molecule is COc1c(F)cccc1C(=O)N1CCc2c(C)c(C(OC(C)(C)C)C(=O)O)c(-c3ccc(C)cc3)c(C)c2C1. The zero-order chi connectivity index (χ0) is 28.6. The number of carboxylic acid groups (broad SMARTS) is 1. The number of fused-ring (bicyclic) bond motifs is 1. The Bertz CT molecular complexity index is 1420. The highest BCUT2D eigenvalue weighted by Crippen LogP contribution is 2.43. The molecule has 1 N–H and O–H groups in total. The second kappa shape index (κ2) is 10.8. The molecule has 0 bridgehead atoms. The van der Waals surface area contributed by atoms with Crippen LogP contribution in [0.4, 0.5) is 4.39 Å². The molecular weight excluding hydrogens is 497 g/mol. The fourth-order valence-electron chi connectivity index (χ4n) is 5.46. The van der Waals surface area contributed by atoms with E-state index in [1.54, 1.807) is 11.0 Å². The molecule has 0 fully saturated rings. The van der Waals surface area contributed by atoms with Crippen LogP contribution in [0.25, 0.3) is 11.1 Å². The van der Waals surface area contributed by atoms with Crippen LogP contribution in [0.5, 0.6) is 5.75 Å². The van der Waals surface area contributed by atoms with Gasteiger partial charge in [0.05, 0.1) is 18.3 Å². The number of hydrogen-bond acceptors (Lipinski definition) is 4. The van der Waals surface area contributed by atoms with Gasteiger partial charge in [0.1, 0.15) is 0 Å². The predicted octanol–water partition coefficient (Wildman–Crippen LogP) is 6.57. The van der Waals surface area contributed by atoms with E-state index in [-0.39, 0.29) is 17.2 Å². The summed E-state index contributed by atoms with van der Waals surface area (Å²) in [4.78, 5) is 27.8. The van der Waals surface area contributed by atoms with Crippen molar-refractivity contribution in [1.29, 1.82) is 0 Å². The van der Waals surface area contributed by atoms with Crippen molar-refractivity contribution < 1.29 is 28.6 Å². The average Bonchev–Trinajstić information content (AvgIpc) is 2.88. The minimum Gasteiger partial charge on any atom is -0.493 e. The number of para-hydroxylation sites is 1. The molecule has 0 saturated carbocycles. The largest absolute Gasteiger partial charge is 0.493 e. The highest BCUT2D eigenvalue weighted by Gasteiger charge is 2.35. The van der Waals surface area contributed by atoms with Gasteiger partial charge in [-0.15, -0.1) is 0 Å². The monoisotopic (exact) mass is 533 g/mol. The van der Waals surface area contributed by atoms with Crippen molar-refractivity contribution >= 4 is 11.9 Å². The molecule has 0 radical (unpaired) electrons. The number of aliphatic carboxylic acids is 1. The van der Waals surface area contributed by atoms with Crippen molar-refractivity contribution in [3.05, 3.63) is 87.2 Å². The molecule has 3 aromatic carbocycles. The fourth-order valence-corrected chi connectivity index (χ4v) is 5.46. The van der Waals surface area contributed by atoms with Crippen molar-refractivity contribution in [3.63, 3.8) is 0 Å². The van der Waals surface area contributed by atoms with E-state index >= 15 is 0 Å². The summed E-state index contributed by atoms with van der Waals surface area (Å²) in [5, 5.41) is 10.3. The number of ether oxygens (including phenoxy) is 2. The number of carbonyl (C=O) groups excluding carboxylic acids is 1. The van der Waals surface area contributed by atoms with Crippen LogP contribution in [0.15, 0.2) is 42.5 Å². The van der Waals surface area contributed by atoms with E-state index < -0.39 is 23.5 Å². The topological polar surface area (TPSA) is 76.1 Å². The molecule has 1 unspecified atom stereocenters. The van der Waals surface area contributed by atoms with Crippen molar-refractivity contribution in [1.82, 2.24) is 4.90 Å². The fraction of sp³-hybridized carbons (Fsp3) is 0.375. The lowest BCUT2D eigenvalue weighted by molar-refractivity contribution is -0.160. The Balaban J connectivity index is 1.89. The number of carboxylic acids is 1. The number of nitrogens with zero attached hydrogens (tertiary/aromatic N) is 1. The van der Waals surface area contributed by atoms with E-state index in [0.29, 0.717) is 25.1 Å². The Morgan fingerprint density at radius 2 is 1.67 bits per heavy atom. The van der Waals surface area contributed by atoms with Crippen LogP contribution < -0.4 is 4.74 Å². The minimum absolute atomic E-state index is 0.0690. The molecule has 7 heteroatoms. The maximum atomic E-state index is 14.4. The van der Waals surface area contributed by atoms with Gasteiger partial charge in [0.25, 0.3) is 5.91 Å². The van der Waals surface area contributed by atoms with Crippen molar-refractivity contribution in [2.24, 2.45) is 0 Å². The molecule has 206 valence electrons.